The molecule has 0 fully saturated rings. The van der Waals surface area contributed by atoms with E-state index in [1.807, 2.05) is 13.8 Å². The fourth-order valence-electron chi connectivity index (χ4n) is 7.49. The molecule has 10 rings (SSSR count). The van der Waals surface area contributed by atoms with Crippen LogP contribution in [-0.2, 0) is 0 Å². The van der Waals surface area contributed by atoms with E-state index in [0.29, 0.717) is 0 Å². The van der Waals surface area contributed by atoms with Crippen molar-refractivity contribution < 1.29 is 0 Å². The van der Waals surface area contributed by atoms with Crippen LogP contribution in [0.25, 0.3) is 87.8 Å². The Hall–Kier alpha value is -5.86. The lowest BCUT2D eigenvalue weighted by Gasteiger charge is -2.10. The average molecular weight is 589 g/mol. The van der Waals surface area contributed by atoms with Gasteiger partial charge in [0.05, 0.1) is 27.6 Å². The molecule has 3 heterocycles. The Kier molecular flexibility index (Phi) is 5.97. The summed E-state index contributed by atoms with van der Waals surface area (Å²) in [6, 6.07) is 57.7. The van der Waals surface area contributed by atoms with E-state index in [-0.39, 0.29) is 0 Å². The molecule has 0 radical (unpaired) electrons. The molecular formula is C44H32N2. The van der Waals surface area contributed by atoms with Gasteiger partial charge in [-0.05, 0) is 70.8 Å². The topological polar surface area (TPSA) is 9.34 Å². The maximum Gasteiger partial charge on any atom is 0.0622 e. The first-order valence-corrected chi connectivity index (χ1v) is 16.2. The van der Waals surface area contributed by atoms with Crippen molar-refractivity contribution in [1.82, 2.24) is 8.97 Å². The summed E-state index contributed by atoms with van der Waals surface area (Å²) in [5.41, 5.74) is 12.4. The molecule has 0 bridgehead atoms. The molecule has 10 aromatic rings. The quantitative estimate of drug-likeness (QED) is 0.194. The highest BCUT2D eigenvalue weighted by Crippen LogP contribution is 2.43. The largest absolute Gasteiger partial charge is 0.309 e. The molecule has 0 N–H and O–H groups in total. The number of hydrogen-bond acceptors (Lipinski definition) is 0. The number of aromatic nitrogens is 2. The van der Waals surface area contributed by atoms with E-state index in [1.54, 1.807) is 0 Å². The summed E-state index contributed by atoms with van der Waals surface area (Å²) >= 11 is 0. The number of fused-ring (bicyclic) bond motifs is 9. The molecule has 0 aliphatic rings. The molecule has 2 nitrogen and oxygen atoms in total. The van der Waals surface area contributed by atoms with E-state index in [9.17, 15) is 0 Å². The third-order valence-corrected chi connectivity index (χ3v) is 9.43. The zero-order valence-electron chi connectivity index (χ0n) is 25.9. The molecule has 2 heteroatoms. The van der Waals surface area contributed by atoms with Crippen LogP contribution in [0.4, 0.5) is 0 Å². The SMILES string of the molecule is CC.c1ccc(-c2ccc3c(c2)c2cc(-c4ccccc4)ccc2n3-c2cc3c4ccccc4n4c5ccccc5c(c2)c34)cc1. The average Bonchev–Trinajstić information content (AvgIpc) is 3.77. The zero-order chi connectivity index (χ0) is 30.8. The highest BCUT2D eigenvalue weighted by Gasteiger charge is 2.21. The summed E-state index contributed by atoms with van der Waals surface area (Å²) in [5.74, 6) is 0. The first-order valence-electron chi connectivity index (χ1n) is 16.2. The normalized spacial score (nSPS) is 11.7. The van der Waals surface area contributed by atoms with Gasteiger partial charge in [-0.3, -0.25) is 0 Å². The summed E-state index contributed by atoms with van der Waals surface area (Å²) in [6.45, 7) is 4.00. The van der Waals surface area contributed by atoms with Crippen molar-refractivity contribution in [2.75, 3.05) is 0 Å². The summed E-state index contributed by atoms with van der Waals surface area (Å²) in [6.07, 6.45) is 0. The summed E-state index contributed by atoms with van der Waals surface area (Å²) in [7, 11) is 0. The molecule has 0 unspecified atom stereocenters. The van der Waals surface area contributed by atoms with E-state index in [4.69, 9.17) is 0 Å². The Labute approximate surface area is 267 Å². The zero-order valence-corrected chi connectivity index (χ0v) is 25.9. The van der Waals surface area contributed by atoms with Crippen molar-refractivity contribution >= 4 is 59.9 Å². The molecule has 3 aromatic heterocycles. The minimum absolute atomic E-state index is 1.19. The Morgan fingerprint density at radius 3 is 1.24 bits per heavy atom. The first-order chi connectivity index (χ1) is 22.8. The van der Waals surface area contributed by atoms with Gasteiger partial charge < -0.3 is 8.97 Å². The molecule has 0 spiro atoms. The standard InChI is InChI=1S/C42H26N2.C2H6/c1-3-11-27(12-4-1)29-19-21-40-34(23-29)35-24-30(28-13-5-2-6-14-28)20-22-41(35)43(40)31-25-36-32-15-7-9-17-38(32)44-39-18-10-8-16-33(39)37(26-31)42(36)44;1-2/h1-26H;1-2H3. The lowest BCUT2D eigenvalue weighted by atomic mass is 10.0. The van der Waals surface area contributed by atoms with Crippen LogP contribution in [0.2, 0.25) is 0 Å². The van der Waals surface area contributed by atoms with Gasteiger partial charge in [0.2, 0.25) is 0 Å². The molecule has 7 aromatic carbocycles. The van der Waals surface area contributed by atoms with Gasteiger partial charge in [0, 0.05) is 38.0 Å². The molecule has 218 valence electrons. The monoisotopic (exact) mass is 588 g/mol. The van der Waals surface area contributed by atoms with Crippen molar-refractivity contribution in [3.63, 3.8) is 0 Å². The molecule has 0 aliphatic heterocycles. The highest BCUT2D eigenvalue weighted by atomic mass is 15.0. The Morgan fingerprint density at radius 1 is 0.326 bits per heavy atom. The fourth-order valence-corrected chi connectivity index (χ4v) is 7.49. The van der Waals surface area contributed by atoms with Crippen molar-refractivity contribution in [2.24, 2.45) is 0 Å². The second kappa shape index (κ2) is 10.4. The van der Waals surface area contributed by atoms with Gasteiger partial charge in [0.1, 0.15) is 0 Å². The molecule has 0 atom stereocenters. The van der Waals surface area contributed by atoms with E-state index in [2.05, 4.69) is 167 Å². The van der Waals surface area contributed by atoms with Gasteiger partial charge in [-0.1, -0.05) is 123 Å². The minimum atomic E-state index is 1.19. The smallest absolute Gasteiger partial charge is 0.0622 e. The van der Waals surface area contributed by atoms with E-state index >= 15 is 0 Å². The minimum Gasteiger partial charge on any atom is -0.309 e. The molecule has 0 amide bonds. The van der Waals surface area contributed by atoms with Crippen LogP contribution >= 0.6 is 0 Å². The van der Waals surface area contributed by atoms with Crippen molar-refractivity contribution in [1.29, 1.82) is 0 Å². The highest BCUT2D eigenvalue weighted by molar-refractivity contribution is 6.24. The number of benzene rings is 7. The third kappa shape index (κ3) is 3.77. The molecule has 0 aliphatic carbocycles. The van der Waals surface area contributed by atoms with Gasteiger partial charge in [0.15, 0.2) is 0 Å². The van der Waals surface area contributed by atoms with Gasteiger partial charge in [-0.25, -0.2) is 0 Å². The van der Waals surface area contributed by atoms with Crippen molar-refractivity contribution in [3.8, 4) is 27.9 Å². The summed E-state index contributed by atoms with van der Waals surface area (Å²) in [4.78, 5) is 0. The van der Waals surface area contributed by atoms with Gasteiger partial charge in [-0.15, -0.1) is 0 Å². The maximum absolute atomic E-state index is 2.47. The van der Waals surface area contributed by atoms with Crippen LogP contribution in [0.15, 0.2) is 158 Å². The lowest BCUT2D eigenvalue weighted by molar-refractivity contribution is 1.19. The Bertz CT molecular complexity index is 2510. The fraction of sp³-hybridized carbons (Fsp3) is 0.0455. The summed E-state index contributed by atoms with van der Waals surface area (Å²) < 4.78 is 4.92. The molecule has 46 heavy (non-hydrogen) atoms. The van der Waals surface area contributed by atoms with Crippen LogP contribution in [0.1, 0.15) is 13.8 Å². The third-order valence-electron chi connectivity index (χ3n) is 9.43. The molecular weight excluding hydrogens is 556 g/mol. The van der Waals surface area contributed by atoms with Crippen LogP contribution in [0.3, 0.4) is 0 Å². The second-order valence-corrected chi connectivity index (χ2v) is 11.8. The second-order valence-electron chi connectivity index (χ2n) is 11.8. The van der Waals surface area contributed by atoms with Crippen LogP contribution < -0.4 is 0 Å². The molecule has 0 saturated heterocycles. The predicted octanol–water partition coefficient (Wildman–Crippen LogP) is 12.3. The Morgan fingerprint density at radius 2 is 0.761 bits per heavy atom. The van der Waals surface area contributed by atoms with Crippen LogP contribution in [0.5, 0.6) is 0 Å². The van der Waals surface area contributed by atoms with Crippen molar-refractivity contribution in [3.05, 3.63) is 158 Å². The molecule has 0 saturated carbocycles. The van der Waals surface area contributed by atoms with Crippen molar-refractivity contribution in [2.45, 2.75) is 13.8 Å². The van der Waals surface area contributed by atoms with E-state index < -0.39 is 0 Å². The number of para-hydroxylation sites is 2. The number of hydrogen-bond donors (Lipinski definition) is 0. The number of nitrogens with zero attached hydrogens (tertiary/aromatic N) is 2. The Balaban J connectivity index is 0.00000143. The van der Waals surface area contributed by atoms with Gasteiger partial charge in [-0.2, -0.15) is 0 Å². The van der Waals surface area contributed by atoms with Gasteiger partial charge >= 0.3 is 0 Å². The first kappa shape index (κ1) is 26.5. The van der Waals surface area contributed by atoms with E-state index in [0.717, 1.165) is 0 Å². The lowest BCUT2D eigenvalue weighted by Crippen LogP contribution is -1.94. The van der Waals surface area contributed by atoms with E-state index in [1.165, 1.54) is 87.8 Å². The predicted molar refractivity (Wildman–Crippen MR) is 198 cm³/mol. The summed E-state index contributed by atoms with van der Waals surface area (Å²) in [5, 5.41) is 7.69. The van der Waals surface area contributed by atoms with Crippen LogP contribution in [-0.4, -0.2) is 8.97 Å². The maximum atomic E-state index is 2.47. The number of rotatable bonds is 3. The van der Waals surface area contributed by atoms with Crippen LogP contribution in [0, 0.1) is 0 Å². The van der Waals surface area contributed by atoms with Gasteiger partial charge in [0.25, 0.3) is 0 Å².